The number of methoxy groups -OCH3 is 1. The van der Waals surface area contributed by atoms with Crippen LogP contribution in [0.3, 0.4) is 0 Å². The van der Waals surface area contributed by atoms with E-state index in [2.05, 4.69) is 20.3 Å². The van der Waals surface area contributed by atoms with Gasteiger partial charge in [-0.1, -0.05) is 24.3 Å². The molecule has 0 spiro atoms. The van der Waals surface area contributed by atoms with Crippen LogP contribution < -0.4 is 15.8 Å². The van der Waals surface area contributed by atoms with Gasteiger partial charge in [-0.25, -0.2) is 9.97 Å². The Kier molecular flexibility index (Phi) is 5.44. The van der Waals surface area contributed by atoms with E-state index in [1.807, 2.05) is 30.3 Å². The summed E-state index contributed by atoms with van der Waals surface area (Å²) in [4.78, 5) is 35.6. The average molecular weight is 413 g/mol. The number of nitrogens with zero attached hydrogens (tertiary/aromatic N) is 2. The average Bonchev–Trinajstić information content (AvgIpc) is 3.23. The molecule has 154 valence electrons. The lowest BCUT2D eigenvalue weighted by Crippen LogP contribution is -2.10. The first-order valence-electron chi connectivity index (χ1n) is 9.40. The maximum absolute atomic E-state index is 12.4. The van der Waals surface area contributed by atoms with Gasteiger partial charge in [-0.15, -0.1) is 0 Å². The third kappa shape index (κ3) is 4.27. The molecule has 0 aliphatic heterocycles. The van der Waals surface area contributed by atoms with Crippen LogP contribution in [0.1, 0.15) is 15.9 Å². The van der Waals surface area contributed by atoms with Crippen LogP contribution in [-0.4, -0.2) is 33.9 Å². The number of aromatic amines is 1. The highest BCUT2D eigenvalue weighted by atomic mass is 16.5. The second-order valence-electron chi connectivity index (χ2n) is 6.69. The second-order valence-corrected chi connectivity index (χ2v) is 6.69. The van der Waals surface area contributed by atoms with Gasteiger partial charge in [0.1, 0.15) is 17.7 Å². The minimum absolute atomic E-state index is 0.285. The minimum Gasteiger partial charge on any atom is -0.497 e. The van der Waals surface area contributed by atoms with Gasteiger partial charge in [0, 0.05) is 23.5 Å². The van der Waals surface area contributed by atoms with Crippen LogP contribution in [0, 0.1) is 0 Å². The number of hydrogen-bond acceptors (Lipinski definition) is 5. The lowest BCUT2D eigenvalue weighted by molar-refractivity contribution is -0.111. The number of nitrogens with two attached hydrogens (primary N) is 1. The summed E-state index contributed by atoms with van der Waals surface area (Å²) in [7, 11) is 1.59. The number of amides is 2. The molecule has 0 unspecified atom stereocenters. The zero-order valence-corrected chi connectivity index (χ0v) is 16.6. The molecule has 2 aromatic carbocycles. The highest BCUT2D eigenvalue weighted by Crippen LogP contribution is 2.29. The van der Waals surface area contributed by atoms with Crippen molar-refractivity contribution in [2.45, 2.75) is 0 Å². The first-order valence-corrected chi connectivity index (χ1v) is 9.40. The van der Waals surface area contributed by atoms with Gasteiger partial charge in [0.25, 0.3) is 5.91 Å². The van der Waals surface area contributed by atoms with Crippen LogP contribution in [0.4, 0.5) is 5.69 Å². The molecule has 4 rings (SSSR count). The molecule has 0 saturated heterocycles. The molecule has 31 heavy (non-hydrogen) atoms. The first-order chi connectivity index (χ1) is 15.0. The van der Waals surface area contributed by atoms with E-state index < -0.39 is 5.91 Å². The molecule has 0 saturated carbocycles. The zero-order chi connectivity index (χ0) is 21.8. The number of fused-ring (bicyclic) bond motifs is 1. The number of primary amides is 1. The van der Waals surface area contributed by atoms with Crippen LogP contribution in [0.5, 0.6) is 5.75 Å². The highest BCUT2D eigenvalue weighted by Gasteiger charge is 2.16. The molecule has 8 heteroatoms. The largest absolute Gasteiger partial charge is 0.497 e. The summed E-state index contributed by atoms with van der Waals surface area (Å²) < 4.78 is 5.18. The Balaban J connectivity index is 1.59. The third-order valence-electron chi connectivity index (χ3n) is 4.66. The molecule has 0 fully saturated rings. The van der Waals surface area contributed by atoms with Gasteiger partial charge in [0.2, 0.25) is 5.91 Å². The Morgan fingerprint density at radius 3 is 2.77 bits per heavy atom. The summed E-state index contributed by atoms with van der Waals surface area (Å²) in [6.07, 6.45) is 6.07. The van der Waals surface area contributed by atoms with E-state index in [4.69, 9.17) is 10.5 Å². The van der Waals surface area contributed by atoms with Crippen LogP contribution in [0.15, 0.2) is 67.1 Å². The monoisotopic (exact) mass is 413 g/mol. The summed E-state index contributed by atoms with van der Waals surface area (Å²) in [5.74, 6) is -0.145. The van der Waals surface area contributed by atoms with Crippen LogP contribution >= 0.6 is 0 Å². The van der Waals surface area contributed by atoms with Crippen molar-refractivity contribution in [3.05, 3.63) is 78.3 Å². The second kappa shape index (κ2) is 8.50. The molecule has 0 bridgehead atoms. The third-order valence-corrected chi connectivity index (χ3v) is 4.66. The fourth-order valence-corrected chi connectivity index (χ4v) is 3.22. The standard InChI is InChI=1S/C23H19N5O3/c1-31-17-7-2-4-14(10-17)8-9-19(29)28-16-6-3-5-15(11-16)21-20-18(22(24)30)12-25-23(20)27-13-26-21/h2-13H,1H3,(H2,24,30)(H,28,29)(H,25,26,27)/b9-8+. The summed E-state index contributed by atoms with van der Waals surface area (Å²) >= 11 is 0. The maximum Gasteiger partial charge on any atom is 0.251 e. The fourth-order valence-electron chi connectivity index (χ4n) is 3.22. The highest BCUT2D eigenvalue weighted by molar-refractivity contribution is 6.10. The van der Waals surface area contributed by atoms with Crippen molar-refractivity contribution in [2.75, 3.05) is 12.4 Å². The van der Waals surface area contributed by atoms with Crippen LogP contribution in [0.2, 0.25) is 0 Å². The molecule has 2 aromatic heterocycles. The number of ether oxygens (including phenoxy) is 1. The number of benzene rings is 2. The molecule has 4 N–H and O–H groups in total. The van der Waals surface area contributed by atoms with Crippen molar-refractivity contribution in [1.29, 1.82) is 0 Å². The van der Waals surface area contributed by atoms with Gasteiger partial charge in [0.15, 0.2) is 0 Å². The Labute approximate surface area is 177 Å². The van der Waals surface area contributed by atoms with Crippen LogP contribution in [-0.2, 0) is 4.79 Å². The number of rotatable bonds is 6. The molecule has 2 heterocycles. The summed E-state index contributed by atoms with van der Waals surface area (Å²) in [6.45, 7) is 0. The topological polar surface area (TPSA) is 123 Å². The number of carbonyl (C=O) groups is 2. The number of nitrogens with one attached hydrogen (secondary N) is 2. The number of anilines is 1. The van der Waals surface area contributed by atoms with E-state index in [-0.39, 0.29) is 5.91 Å². The summed E-state index contributed by atoms with van der Waals surface area (Å²) in [5.41, 5.74) is 8.98. The Morgan fingerprint density at radius 1 is 1.13 bits per heavy atom. The summed E-state index contributed by atoms with van der Waals surface area (Å²) in [5, 5.41) is 3.37. The molecular formula is C23H19N5O3. The minimum atomic E-state index is -0.575. The van der Waals surface area contributed by atoms with Crippen molar-refractivity contribution in [3.8, 4) is 17.0 Å². The van der Waals surface area contributed by atoms with E-state index in [0.29, 0.717) is 39.3 Å². The predicted molar refractivity (Wildman–Crippen MR) is 119 cm³/mol. The van der Waals surface area contributed by atoms with Crippen molar-refractivity contribution in [3.63, 3.8) is 0 Å². The van der Waals surface area contributed by atoms with E-state index >= 15 is 0 Å². The smallest absolute Gasteiger partial charge is 0.251 e. The molecule has 2 amide bonds. The quantitative estimate of drug-likeness (QED) is 0.418. The van der Waals surface area contributed by atoms with Crippen molar-refractivity contribution in [1.82, 2.24) is 15.0 Å². The van der Waals surface area contributed by atoms with Crippen molar-refractivity contribution in [2.24, 2.45) is 5.73 Å². The molecule has 8 nitrogen and oxygen atoms in total. The summed E-state index contributed by atoms with van der Waals surface area (Å²) in [6, 6.07) is 14.6. The number of carbonyl (C=O) groups excluding carboxylic acids is 2. The van der Waals surface area contributed by atoms with Crippen molar-refractivity contribution < 1.29 is 14.3 Å². The van der Waals surface area contributed by atoms with E-state index in [1.54, 1.807) is 31.4 Å². The Bertz CT molecular complexity index is 1310. The normalized spacial score (nSPS) is 11.0. The predicted octanol–water partition coefficient (Wildman–Crippen LogP) is 3.38. The van der Waals surface area contributed by atoms with Gasteiger partial charge < -0.3 is 20.8 Å². The molecule has 0 aliphatic carbocycles. The van der Waals surface area contributed by atoms with E-state index in [1.165, 1.54) is 18.6 Å². The van der Waals surface area contributed by atoms with Gasteiger partial charge >= 0.3 is 0 Å². The number of aromatic nitrogens is 3. The lowest BCUT2D eigenvalue weighted by atomic mass is 10.1. The van der Waals surface area contributed by atoms with Gasteiger partial charge in [0.05, 0.1) is 23.8 Å². The van der Waals surface area contributed by atoms with Gasteiger partial charge in [-0.2, -0.15) is 0 Å². The SMILES string of the molecule is COc1cccc(/C=C/C(=O)Nc2cccc(-c3ncnc4[nH]cc(C(N)=O)c34)c2)c1. The molecule has 4 aromatic rings. The zero-order valence-electron chi connectivity index (χ0n) is 16.6. The van der Waals surface area contributed by atoms with E-state index in [9.17, 15) is 9.59 Å². The first kappa shape index (κ1) is 19.8. The Hall–Kier alpha value is -4.46. The van der Waals surface area contributed by atoms with Gasteiger partial charge in [-0.3, -0.25) is 9.59 Å². The number of H-pyrrole nitrogens is 1. The molecule has 0 aliphatic rings. The maximum atomic E-state index is 12.4. The lowest BCUT2D eigenvalue weighted by Gasteiger charge is -2.07. The van der Waals surface area contributed by atoms with Gasteiger partial charge in [-0.05, 0) is 35.9 Å². The van der Waals surface area contributed by atoms with Crippen LogP contribution in [0.25, 0.3) is 28.4 Å². The number of hydrogen-bond donors (Lipinski definition) is 3. The molecular weight excluding hydrogens is 394 g/mol. The molecule has 0 radical (unpaired) electrons. The molecule has 0 atom stereocenters. The van der Waals surface area contributed by atoms with Crippen molar-refractivity contribution >= 4 is 34.6 Å². The fraction of sp³-hybridized carbons (Fsp3) is 0.0435. The Morgan fingerprint density at radius 2 is 1.97 bits per heavy atom. The van der Waals surface area contributed by atoms with E-state index in [0.717, 1.165) is 5.56 Å².